The molecule has 3 nitrogen and oxygen atoms in total. The normalized spacial score (nSPS) is 17.6. The zero-order chi connectivity index (χ0) is 12.7. The average Bonchev–Trinajstić information content (AvgIpc) is 2.89. The fourth-order valence-electron chi connectivity index (χ4n) is 2.44. The van der Waals surface area contributed by atoms with Crippen LogP contribution in [0.1, 0.15) is 22.9 Å². The van der Waals surface area contributed by atoms with E-state index in [9.17, 15) is 0 Å². The lowest BCUT2D eigenvalue weighted by Gasteiger charge is -2.10. The molecule has 18 heavy (non-hydrogen) atoms. The standard InChI is InChI=1S/C14H15BrN2O/c1-9-14(15)10(2)17(16-9)7-11-8-18-13-6-4-3-5-12(11)13/h3-6,11H,7-8H2,1-2H3. The highest BCUT2D eigenvalue weighted by Crippen LogP contribution is 2.35. The predicted molar refractivity (Wildman–Crippen MR) is 74.1 cm³/mol. The number of nitrogens with zero attached hydrogens (tertiary/aromatic N) is 2. The Morgan fingerprint density at radius 2 is 2.17 bits per heavy atom. The Morgan fingerprint density at radius 1 is 1.39 bits per heavy atom. The van der Waals surface area contributed by atoms with Gasteiger partial charge >= 0.3 is 0 Å². The number of aromatic nitrogens is 2. The van der Waals surface area contributed by atoms with E-state index >= 15 is 0 Å². The van der Waals surface area contributed by atoms with E-state index in [0.29, 0.717) is 5.92 Å². The van der Waals surface area contributed by atoms with Crippen molar-refractivity contribution < 1.29 is 4.74 Å². The molecule has 3 rings (SSSR count). The SMILES string of the molecule is Cc1nn(CC2COc3ccccc32)c(C)c1Br. The molecule has 94 valence electrons. The molecule has 1 aromatic carbocycles. The Kier molecular flexibility index (Phi) is 2.90. The number of halogens is 1. The molecule has 2 heterocycles. The molecule has 4 heteroatoms. The highest BCUT2D eigenvalue weighted by molar-refractivity contribution is 9.10. The number of ether oxygens (including phenoxy) is 1. The van der Waals surface area contributed by atoms with Gasteiger partial charge in [-0.1, -0.05) is 18.2 Å². The van der Waals surface area contributed by atoms with Gasteiger partial charge in [0.15, 0.2) is 0 Å². The van der Waals surface area contributed by atoms with E-state index in [0.717, 1.165) is 29.1 Å². The van der Waals surface area contributed by atoms with Crippen LogP contribution in [0.3, 0.4) is 0 Å². The summed E-state index contributed by atoms with van der Waals surface area (Å²) >= 11 is 3.57. The molecule has 1 unspecified atom stereocenters. The molecular formula is C14H15BrN2O. The van der Waals surface area contributed by atoms with Crippen LogP contribution in [0.4, 0.5) is 0 Å². The van der Waals surface area contributed by atoms with Crippen LogP contribution in [0.25, 0.3) is 0 Å². The largest absolute Gasteiger partial charge is 0.493 e. The number of benzene rings is 1. The first-order valence-electron chi connectivity index (χ1n) is 6.08. The van der Waals surface area contributed by atoms with Gasteiger partial charge in [-0.15, -0.1) is 0 Å². The summed E-state index contributed by atoms with van der Waals surface area (Å²) in [6.45, 7) is 5.73. The van der Waals surface area contributed by atoms with Gasteiger partial charge in [0.1, 0.15) is 5.75 Å². The molecule has 0 bridgehead atoms. The number of rotatable bonds is 2. The first-order chi connectivity index (χ1) is 8.66. The van der Waals surface area contributed by atoms with E-state index in [1.807, 2.05) is 19.1 Å². The minimum Gasteiger partial charge on any atom is -0.493 e. The molecule has 0 N–H and O–H groups in total. The number of aryl methyl sites for hydroxylation is 1. The average molecular weight is 307 g/mol. The summed E-state index contributed by atoms with van der Waals surface area (Å²) in [5.74, 6) is 1.41. The van der Waals surface area contributed by atoms with Crippen LogP contribution in [0.15, 0.2) is 28.7 Å². The Bertz CT molecular complexity index is 591. The molecule has 0 saturated heterocycles. The lowest BCUT2D eigenvalue weighted by Crippen LogP contribution is -2.13. The Morgan fingerprint density at radius 3 is 2.89 bits per heavy atom. The first kappa shape index (κ1) is 11.8. The third-order valence-corrected chi connectivity index (χ3v) is 4.63. The zero-order valence-electron chi connectivity index (χ0n) is 10.5. The van der Waals surface area contributed by atoms with Crippen LogP contribution >= 0.6 is 15.9 Å². The van der Waals surface area contributed by atoms with Gasteiger partial charge in [0.25, 0.3) is 0 Å². The molecule has 0 aliphatic carbocycles. The van der Waals surface area contributed by atoms with Gasteiger partial charge in [0.05, 0.1) is 23.3 Å². The summed E-state index contributed by atoms with van der Waals surface area (Å²) in [5.41, 5.74) is 3.51. The van der Waals surface area contributed by atoms with E-state index in [4.69, 9.17) is 4.74 Å². The highest BCUT2D eigenvalue weighted by Gasteiger charge is 2.25. The van der Waals surface area contributed by atoms with Crippen LogP contribution in [-0.2, 0) is 6.54 Å². The van der Waals surface area contributed by atoms with Gasteiger partial charge in [0, 0.05) is 17.2 Å². The fraction of sp³-hybridized carbons (Fsp3) is 0.357. The first-order valence-corrected chi connectivity index (χ1v) is 6.87. The van der Waals surface area contributed by atoms with Crippen LogP contribution in [-0.4, -0.2) is 16.4 Å². The number of para-hydroxylation sites is 1. The van der Waals surface area contributed by atoms with E-state index in [1.54, 1.807) is 0 Å². The summed E-state index contributed by atoms with van der Waals surface area (Å²) in [6, 6.07) is 8.26. The van der Waals surface area contributed by atoms with Gasteiger partial charge in [-0.05, 0) is 35.8 Å². The molecular weight excluding hydrogens is 292 g/mol. The number of fused-ring (bicyclic) bond motifs is 1. The van der Waals surface area contributed by atoms with Crippen molar-refractivity contribution in [2.45, 2.75) is 26.3 Å². The number of hydrogen-bond acceptors (Lipinski definition) is 2. The topological polar surface area (TPSA) is 27.1 Å². The molecule has 0 amide bonds. The van der Waals surface area contributed by atoms with E-state index in [-0.39, 0.29) is 0 Å². The van der Waals surface area contributed by atoms with Crippen molar-refractivity contribution in [3.05, 3.63) is 45.7 Å². The van der Waals surface area contributed by atoms with Crippen molar-refractivity contribution in [3.8, 4) is 5.75 Å². The van der Waals surface area contributed by atoms with Crippen molar-refractivity contribution in [1.82, 2.24) is 9.78 Å². The van der Waals surface area contributed by atoms with Gasteiger partial charge < -0.3 is 4.74 Å². The van der Waals surface area contributed by atoms with Crippen molar-refractivity contribution in [3.63, 3.8) is 0 Å². The summed E-state index contributed by atoms with van der Waals surface area (Å²) in [5, 5.41) is 4.56. The second-order valence-corrected chi connectivity index (χ2v) is 5.51. The minimum atomic E-state index is 0.395. The maximum Gasteiger partial charge on any atom is 0.122 e. The van der Waals surface area contributed by atoms with E-state index in [1.165, 1.54) is 11.3 Å². The molecule has 0 radical (unpaired) electrons. The van der Waals surface area contributed by atoms with Gasteiger partial charge in [-0.25, -0.2) is 0 Å². The fourth-order valence-corrected chi connectivity index (χ4v) is 2.73. The van der Waals surface area contributed by atoms with Gasteiger partial charge in [0.2, 0.25) is 0 Å². The Hall–Kier alpha value is -1.29. The number of hydrogen-bond donors (Lipinski definition) is 0. The third-order valence-electron chi connectivity index (χ3n) is 3.49. The van der Waals surface area contributed by atoms with Gasteiger partial charge in [-0.3, -0.25) is 4.68 Å². The second kappa shape index (κ2) is 4.43. The molecule has 0 spiro atoms. The van der Waals surface area contributed by atoms with Crippen LogP contribution in [0.5, 0.6) is 5.75 Å². The third kappa shape index (κ3) is 1.85. The smallest absolute Gasteiger partial charge is 0.122 e. The van der Waals surface area contributed by atoms with Crippen LogP contribution in [0, 0.1) is 13.8 Å². The van der Waals surface area contributed by atoms with Crippen molar-refractivity contribution >= 4 is 15.9 Å². The molecule has 1 aliphatic heterocycles. The van der Waals surface area contributed by atoms with Crippen molar-refractivity contribution in [1.29, 1.82) is 0 Å². The lowest BCUT2D eigenvalue weighted by atomic mass is 10.0. The van der Waals surface area contributed by atoms with Crippen molar-refractivity contribution in [2.24, 2.45) is 0 Å². The molecule has 2 aromatic rings. The molecule has 1 aliphatic rings. The predicted octanol–water partition coefficient (Wildman–Crippen LogP) is 3.44. The molecule has 0 saturated carbocycles. The lowest BCUT2D eigenvalue weighted by molar-refractivity contribution is 0.314. The quantitative estimate of drug-likeness (QED) is 0.850. The van der Waals surface area contributed by atoms with Crippen molar-refractivity contribution in [2.75, 3.05) is 6.61 Å². The monoisotopic (exact) mass is 306 g/mol. The minimum absolute atomic E-state index is 0.395. The Balaban J connectivity index is 1.88. The Labute approximate surface area is 115 Å². The molecule has 0 fully saturated rings. The summed E-state index contributed by atoms with van der Waals surface area (Å²) < 4.78 is 8.88. The van der Waals surface area contributed by atoms with Gasteiger partial charge in [-0.2, -0.15) is 5.10 Å². The molecule has 1 atom stereocenters. The summed E-state index contributed by atoms with van der Waals surface area (Å²) in [6.07, 6.45) is 0. The molecule has 1 aromatic heterocycles. The van der Waals surface area contributed by atoms with Crippen LogP contribution < -0.4 is 4.74 Å². The maximum atomic E-state index is 5.71. The zero-order valence-corrected chi connectivity index (χ0v) is 12.1. The summed E-state index contributed by atoms with van der Waals surface area (Å²) in [4.78, 5) is 0. The van der Waals surface area contributed by atoms with E-state index < -0.39 is 0 Å². The maximum absolute atomic E-state index is 5.71. The summed E-state index contributed by atoms with van der Waals surface area (Å²) in [7, 11) is 0. The highest BCUT2D eigenvalue weighted by atomic mass is 79.9. The van der Waals surface area contributed by atoms with Crippen LogP contribution in [0.2, 0.25) is 0 Å². The second-order valence-electron chi connectivity index (χ2n) is 4.71. The van der Waals surface area contributed by atoms with E-state index in [2.05, 4.69) is 44.8 Å².